The van der Waals surface area contributed by atoms with E-state index < -0.39 is 12.0 Å². The van der Waals surface area contributed by atoms with Gasteiger partial charge in [-0.1, -0.05) is 29.8 Å². The molecule has 0 saturated carbocycles. The Bertz CT molecular complexity index is 420. The Morgan fingerprint density at radius 2 is 2.18 bits per heavy atom. The van der Waals surface area contributed by atoms with Crippen LogP contribution in [0.3, 0.4) is 0 Å². The quantitative estimate of drug-likeness (QED) is 0.687. The topological polar surface area (TPSA) is 66.4 Å². The molecule has 0 aromatic heterocycles. The summed E-state index contributed by atoms with van der Waals surface area (Å²) in [6.07, 6.45) is 0.180. The van der Waals surface area contributed by atoms with E-state index in [4.69, 9.17) is 5.11 Å². The molecule has 0 bridgehead atoms. The molecule has 17 heavy (non-hydrogen) atoms. The predicted molar refractivity (Wildman–Crippen MR) is 68.3 cm³/mol. The second kappa shape index (κ2) is 6.30. The molecule has 2 N–H and O–H groups in total. The second-order valence-corrected chi connectivity index (χ2v) is 4.17. The lowest BCUT2D eigenvalue weighted by molar-refractivity contribution is -0.141. The van der Waals surface area contributed by atoms with Gasteiger partial charge in [0.15, 0.2) is 0 Å². The first-order valence-corrected chi connectivity index (χ1v) is 5.84. The zero-order chi connectivity index (χ0) is 12.8. The van der Waals surface area contributed by atoms with Gasteiger partial charge >= 0.3 is 5.97 Å². The molecular formula is C12H15NO3S. The maximum Gasteiger partial charge on any atom is 0.327 e. The van der Waals surface area contributed by atoms with Gasteiger partial charge in [0.05, 0.1) is 6.42 Å². The molecule has 1 rings (SSSR count). The first-order valence-electron chi connectivity index (χ1n) is 5.21. The molecule has 0 spiro atoms. The fraction of sp³-hybridized carbons (Fsp3) is 0.333. The van der Waals surface area contributed by atoms with Crippen molar-refractivity contribution in [3.8, 4) is 0 Å². The molecule has 1 aromatic rings. The van der Waals surface area contributed by atoms with Gasteiger partial charge in [-0.3, -0.25) is 4.79 Å². The first-order chi connectivity index (χ1) is 8.02. The van der Waals surface area contributed by atoms with Crippen LogP contribution < -0.4 is 5.32 Å². The van der Waals surface area contributed by atoms with E-state index in [9.17, 15) is 9.59 Å². The van der Waals surface area contributed by atoms with E-state index in [1.165, 1.54) is 0 Å². The van der Waals surface area contributed by atoms with Crippen molar-refractivity contribution in [1.29, 1.82) is 0 Å². The minimum atomic E-state index is -1.07. The molecule has 1 atom stereocenters. The molecule has 1 amide bonds. The van der Waals surface area contributed by atoms with E-state index in [0.717, 1.165) is 11.1 Å². The van der Waals surface area contributed by atoms with E-state index in [0.29, 0.717) is 0 Å². The summed E-state index contributed by atoms with van der Waals surface area (Å²) in [4.78, 5) is 22.3. The van der Waals surface area contributed by atoms with Crippen molar-refractivity contribution in [2.75, 3.05) is 5.75 Å². The van der Waals surface area contributed by atoms with Crippen LogP contribution in [0.15, 0.2) is 24.3 Å². The minimum absolute atomic E-state index is 0.0783. The van der Waals surface area contributed by atoms with E-state index in [1.807, 2.05) is 31.2 Å². The van der Waals surface area contributed by atoms with Gasteiger partial charge in [0.1, 0.15) is 6.04 Å². The van der Waals surface area contributed by atoms with Crippen molar-refractivity contribution in [3.05, 3.63) is 35.4 Å². The number of hydrogen-bond acceptors (Lipinski definition) is 3. The zero-order valence-corrected chi connectivity index (χ0v) is 10.4. The highest BCUT2D eigenvalue weighted by atomic mass is 32.1. The lowest BCUT2D eigenvalue weighted by atomic mass is 10.1. The molecule has 0 aliphatic carbocycles. The molecule has 92 valence electrons. The molecule has 1 unspecified atom stereocenters. The zero-order valence-electron chi connectivity index (χ0n) is 9.51. The Morgan fingerprint density at radius 3 is 2.71 bits per heavy atom. The molecule has 0 aliphatic heterocycles. The van der Waals surface area contributed by atoms with Gasteiger partial charge in [-0.2, -0.15) is 12.6 Å². The monoisotopic (exact) mass is 253 g/mol. The fourth-order valence-electron chi connectivity index (χ4n) is 1.44. The standard InChI is InChI=1S/C12H15NO3S/c1-8-3-2-4-9(5-8)6-11(14)13-10(7-17)12(15)16/h2-5,10,17H,6-7H2,1H3,(H,13,14)(H,15,16). The van der Waals surface area contributed by atoms with Gasteiger partial charge in [0, 0.05) is 5.75 Å². The molecule has 0 radical (unpaired) electrons. The number of thiol groups is 1. The summed E-state index contributed by atoms with van der Waals surface area (Å²) in [5, 5.41) is 11.2. The lowest BCUT2D eigenvalue weighted by Crippen LogP contribution is -2.42. The number of nitrogens with one attached hydrogen (secondary N) is 1. The number of benzene rings is 1. The van der Waals surface area contributed by atoms with Crippen molar-refractivity contribution in [2.45, 2.75) is 19.4 Å². The number of aliphatic carboxylic acids is 1. The predicted octanol–water partition coefficient (Wildman–Crippen LogP) is 1.04. The third-order valence-electron chi connectivity index (χ3n) is 2.26. The van der Waals surface area contributed by atoms with Crippen LogP contribution >= 0.6 is 12.6 Å². The summed E-state index contributed by atoms with van der Waals surface area (Å²) in [5.41, 5.74) is 1.94. The summed E-state index contributed by atoms with van der Waals surface area (Å²) < 4.78 is 0. The third kappa shape index (κ3) is 4.48. The third-order valence-corrected chi connectivity index (χ3v) is 2.63. The van der Waals surface area contributed by atoms with Crippen molar-refractivity contribution >= 4 is 24.5 Å². The molecule has 0 heterocycles. The molecule has 0 aliphatic rings. The van der Waals surface area contributed by atoms with Crippen molar-refractivity contribution in [1.82, 2.24) is 5.32 Å². The van der Waals surface area contributed by atoms with Gasteiger partial charge in [-0.15, -0.1) is 0 Å². The minimum Gasteiger partial charge on any atom is -0.480 e. The van der Waals surface area contributed by atoms with Crippen LogP contribution in [0.4, 0.5) is 0 Å². The maximum atomic E-state index is 11.6. The molecule has 5 heteroatoms. The molecule has 1 aromatic carbocycles. The van der Waals surface area contributed by atoms with E-state index in [1.54, 1.807) is 0 Å². The summed E-state index contributed by atoms with van der Waals surface area (Å²) in [6.45, 7) is 1.94. The van der Waals surface area contributed by atoms with Crippen molar-refractivity contribution in [2.24, 2.45) is 0 Å². The van der Waals surface area contributed by atoms with Crippen LogP contribution in [0.25, 0.3) is 0 Å². The highest BCUT2D eigenvalue weighted by Crippen LogP contribution is 2.04. The number of rotatable bonds is 5. The number of amides is 1. The van der Waals surface area contributed by atoms with Gasteiger partial charge in [0.2, 0.25) is 5.91 Å². The summed E-state index contributed by atoms with van der Waals surface area (Å²) in [7, 11) is 0. The number of aryl methyl sites for hydroxylation is 1. The average Bonchev–Trinajstić information content (AvgIpc) is 2.25. The van der Waals surface area contributed by atoms with Crippen molar-refractivity contribution < 1.29 is 14.7 Å². The number of carbonyl (C=O) groups excluding carboxylic acids is 1. The maximum absolute atomic E-state index is 11.6. The van der Waals surface area contributed by atoms with Crippen LogP contribution in [-0.4, -0.2) is 28.8 Å². The van der Waals surface area contributed by atoms with Crippen molar-refractivity contribution in [3.63, 3.8) is 0 Å². The summed E-state index contributed by atoms with van der Waals surface area (Å²) in [6, 6.07) is 6.61. The Morgan fingerprint density at radius 1 is 1.47 bits per heavy atom. The van der Waals surface area contributed by atoms with Crippen LogP contribution in [0.2, 0.25) is 0 Å². The van der Waals surface area contributed by atoms with E-state index in [-0.39, 0.29) is 18.1 Å². The number of hydrogen-bond donors (Lipinski definition) is 3. The van der Waals surface area contributed by atoms with Crippen LogP contribution in [-0.2, 0) is 16.0 Å². The lowest BCUT2D eigenvalue weighted by Gasteiger charge is -2.11. The molecule has 4 nitrogen and oxygen atoms in total. The second-order valence-electron chi connectivity index (χ2n) is 3.81. The van der Waals surface area contributed by atoms with Gasteiger partial charge in [-0.25, -0.2) is 4.79 Å². The number of carboxylic acids is 1. The van der Waals surface area contributed by atoms with Crippen LogP contribution in [0, 0.1) is 6.92 Å². The number of carbonyl (C=O) groups is 2. The Kier molecular flexibility index (Phi) is 5.03. The Balaban J connectivity index is 2.58. The molecule has 0 fully saturated rings. The highest BCUT2D eigenvalue weighted by Gasteiger charge is 2.17. The Hall–Kier alpha value is -1.49. The SMILES string of the molecule is Cc1cccc(CC(=O)NC(CS)C(=O)O)c1. The summed E-state index contributed by atoms with van der Waals surface area (Å²) >= 11 is 3.88. The van der Waals surface area contributed by atoms with Gasteiger partial charge < -0.3 is 10.4 Å². The highest BCUT2D eigenvalue weighted by molar-refractivity contribution is 7.80. The van der Waals surface area contributed by atoms with Crippen LogP contribution in [0.5, 0.6) is 0 Å². The molecule has 0 saturated heterocycles. The first kappa shape index (κ1) is 13.6. The van der Waals surface area contributed by atoms with Gasteiger partial charge in [0.25, 0.3) is 0 Å². The summed E-state index contributed by atoms with van der Waals surface area (Å²) in [5.74, 6) is -1.30. The van der Waals surface area contributed by atoms with E-state index in [2.05, 4.69) is 17.9 Å². The number of carboxylic acid groups (broad SMARTS) is 1. The fourth-order valence-corrected chi connectivity index (χ4v) is 1.69. The van der Waals surface area contributed by atoms with Crippen LogP contribution in [0.1, 0.15) is 11.1 Å². The Labute approximate surface area is 105 Å². The van der Waals surface area contributed by atoms with Gasteiger partial charge in [-0.05, 0) is 12.5 Å². The normalized spacial score (nSPS) is 11.9. The largest absolute Gasteiger partial charge is 0.480 e. The molecular weight excluding hydrogens is 238 g/mol. The smallest absolute Gasteiger partial charge is 0.327 e. The van der Waals surface area contributed by atoms with E-state index >= 15 is 0 Å². The average molecular weight is 253 g/mol.